The van der Waals surface area contributed by atoms with Gasteiger partial charge in [0.1, 0.15) is 5.76 Å². The molecule has 2 aliphatic heterocycles. The number of carbonyl (C=O) groups is 1. The third kappa shape index (κ3) is 4.45. The first-order chi connectivity index (χ1) is 13.6. The van der Waals surface area contributed by atoms with Crippen molar-refractivity contribution < 1.29 is 14.3 Å². The highest BCUT2D eigenvalue weighted by molar-refractivity contribution is 5.91. The number of furan rings is 1. The van der Waals surface area contributed by atoms with Crippen molar-refractivity contribution in [3.8, 4) is 0 Å². The minimum Gasteiger partial charge on any atom is -0.455 e. The lowest BCUT2D eigenvalue weighted by molar-refractivity contribution is 0.0728. The summed E-state index contributed by atoms with van der Waals surface area (Å²) in [5.74, 6) is 1.86. The van der Waals surface area contributed by atoms with Crippen molar-refractivity contribution in [2.75, 3.05) is 26.2 Å². The van der Waals surface area contributed by atoms with E-state index in [4.69, 9.17) is 4.42 Å². The van der Waals surface area contributed by atoms with Gasteiger partial charge in [-0.25, -0.2) is 0 Å². The van der Waals surface area contributed by atoms with Gasteiger partial charge in [-0.1, -0.05) is 13.0 Å². The Kier molecular flexibility index (Phi) is 5.78. The molecule has 2 saturated heterocycles. The molecule has 0 aliphatic carbocycles. The molecule has 1 N–H and O–H groups in total. The van der Waals surface area contributed by atoms with Gasteiger partial charge in [0.05, 0.1) is 12.6 Å². The van der Waals surface area contributed by atoms with E-state index in [1.807, 2.05) is 24.3 Å². The van der Waals surface area contributed by atoms with Crippen molar-refractivity contribution in [2.45, 2.75) is 38.8 Å². The second-order valence-electron chi connectivity index (χ2n) is 8.29. The maximum atomic E-state index is 12.8. The minimum atomic E-state index is -0.532. The van der Waals surface area contributed by atoms with E-state index >= 15 is 0 Å². The number of piperidine rings is 1. The van der Waals surface area contributed by atoms with Crippen LogP contribution in [0, 0.1) is 11.8 Å². The van der Waals surface area contributed by atoms with Crippen LogP contribution < -0.4 is 0 Å². The van der Waals surface area contributed by atoms with Crippen LogP contribution in [0.15, 0.2) is 40.9 Å². The highest BCUT2D eigenvalue weighted by Gasteiger charge is 2.35. The molecule has 6 heteroatoms. The van der Waals surface area contributed by atoms with E-state index in [2.05, 4.69) is 16.8 Å². The summed E-state index contributed by atoms with van der Waals surface area (Å²) in [4.78, 5) is 21.2. The lowest BCUT2D eigenvalue weighted by Gasteiger charge is -2.29. The molecule has 0 spiro atoms. The van der Waals surface area contributed by atoms with Gasteiger partial charge in [-0.15, -0.1) is 0 Å². The summed E-state index contributed by atoms with van der Waals surface area (Å²) in [5.41, 5.74) is 0.942. The van der Waals surface area contributed by atoms with Crippen molar-refractivity contribution >= 4 is 5.91 Å². The number of hydrogen-bond acceptors (Lipinski definition) is 5. The number of pyridine rings is 1. The molecule has 2 atom stereocenters. The monoisotopic (exact) mass is 383 g/mol. The number of hydrogen-bond donors (Lipinski definition) is 1. The number of likely N-dealkylation sites (tertiary alicyclic amines) is 2. The third-order valence-electron chi connectivity index (χ3n) is 6.02. The fraction of sp³-hybridized carbons (Fsp3) is 0.545. The number of aliphatic hydroxyl groups excluding tert-OH is 1. The lowest BCUT2D eigenvalue weighted by Crippen LogP contribution is -2.32. The van der Waals surface area contributed by atoms with Crippen LogP contribution in [0.1, 0.15) is 41.8 Å². The topological polar surface area (TPSA) is 69.8 Å². The summed E-state index contributed by atoms with van der Waals surface area (Å²) in [7, 11) is 0. The first kappa shape index (κ1) is 19.2. The Morgan fingerprint density at radius 3 is 2.79 bits per heavy atom. The normalized spacial score (nSPS) is 24.0. The van der Waals surface area contributed by atoms with Crippen LogP contribution in [0.5, 0.6) is 0 Å². The van der Waals surface area contributed by atoms with Crippen LogP contribution >= 0.6 is 0 Å². The summed E-state index contributed by atoms with van der Waals surface area (Å²) < 4.78 is 5.85. The molecule has 0 aromatic carbocycles. The van der Waals surface area contributed by atoms with E-state index in [-0.39, 0.29) is 11.8 Å². The van der Waals surface area contributed by atoms with Gasteiger partial charge >= 0.3 is 0 Å². The van der Waals surface area contributed by atoms with E-state index in [1.54, 1.807) is 17.2 Å². The fourth-order valence-corrected chi connectivity index (χ4v) is 4.18. The molecule has 28 heavy (non-hydrogen) atoms. The summed E-state index contributed by atoms with van der Waals surface area (Å²) in [6.45, 7) is 6.09. The van der Waals surface area contributed by atoms with Crippen LogP contribution in [0.3, 0.4) is 0 Å². The van der Waals surface area contributed by atoms with Crippen molar-refractivity contribution in [3.63, 3.8) is 0 Å². The maximum Gasteiger partial charge on any atom is 0.289 e. The number of nitrogens with zero attached hydrogens (tertiary/aromatic N) is 3. The molecule has 150 valence electrons. The van der Waals surface area contributed by atoms with Gasteiger partial charge < -0.3 is 14.4 Å². The Morgan fingerprint density at radius 1 is 1.21 bits per heavy atom. The van der Waals surface area contributed by atoms with Crippen LogP contribution in [0.4, 0.5) is 0 Å². The molecule has 0 radical (unpaired) electrons. The summed E-state index contributed by atoms with van der Waals surface area (Å²) >= 11 is 0. The van der Waals surface area contributed by atoms with E-state index in [9.17, 15) is 9.90 Å². The van der Waals surface area contributed by atoms with Crippen molar-refractivity contribution in [1.29, 1.82) is 0 Å². The highest BCUT2D eigenvalue weighted by Crippen LogP contribution is 2.24. The molecule has 2 aromatic heterocycles. The number of amides is 1. The van der Waals surface area contributed by atoms with E-state index < -0.39 is 6.10 Å². The number of aliphatic hydroxyl groups is 1. The van der Waals surface area contributed by atoms with Crippen molar-refractivity contribution in [2.24, 2.45) is 11.8 Å². The molecule has 2 aliphatic rings. The maximum absolute atomic E-state index is 12.8. The lowest BCUT2D eigenvalue weighted by atomic mass is 9.99. The summed E-state index contributed by atoms with van der Waals surface area (Å²) in [6, 6.07) is 9.45. The Labute approximate surface area is 166 Å². The average Bonchev–Trinajstić information content (AvgIpc) is 3.31. The van der Waals surface area contributed by atoms with Crippen molar-refractivity contribution in [3.05, 3.63) is 53.7 Å². The Morgan fingerprint density at radius 2 is 2.04 bits per heavy atom. The van der Waals surface area contributed by atoms with Gasteiger partial charge in [0, 0.05) is 30.9 Å². The predicted molar refractivity (Wildman–Crippen MR) is 106 cm³/mol. The zero-order valence-corrected chi connectivity index (χ0v) is 16.5. The van der Waals surface area contributed by atoms with E-state index in [0.717, 1.165) is 37.0 Å². The molecule has 4 rings (SSSR count). The van der Waals surface area contributed by atoms with Crippen LogP contribution in [-0.2, 0) is 13.0 Å². The Hall–Kier alpha value is -2.18. The third-order valence-corrected chi connectivity index (χ3v) is 6.02. The molecule has 6 nitrogen and oxygen atoms in total. The fourth-order valence-electron chi connectivity index (χ4n) is 4.18. The molecular formula is C22H29N3O3. The molecule has 4 heterocycles. The second kappa shape index (κ2) is 8.45. The Bertz CT molecular complexity index is 783. The SMILES string of the molecule is CC1CCN(Cc2ccc(C(=O)N3C[C@@H](Cc4ccccn4)[C@H](O)C3)o2)CC1. The molecule has 1 amide bonds. The number of β-amino-alcohol motifs (C(OH)–C–C–N with tert-alkyl or cyclic N) is 1. The van der Waals surface area contributed by atoms with Crippen LogP contribution in [-0.4, -0.2) is 58.1 Å². The van der Waals surface area contributed by atoms with E-state index in [1.165, 1.54) is 12.8 Å². The largest absolute Gasteiger partial charge is 0.455 e. The van der Waals surface area contributed by atoms with Gasteiger partial charge in [-0.2, -0.15) is 0 Å². The minimum absolute atomic E-state index is 0.00335. The van der Waals surface area contributed by atoms with Gasteiger partial charge in [0.15, 0.2) is 5.76 Å². The highest BCUT2D eigenvalue weighted by atomic mass is 16.4. The van der Waals surface area contributed by atoms with Crippen LogP contribution in [0.2, 0.25) is 0 Å². The molecule has 2 aromatic rings. The molecule has 0 bridgehead atoms. The molecular weight excluding hydrogens is 354 g/mol. The number of rotatable bonds is 5. The zero-order valence-electron chi connectivity index (χ0n) is 16.5. The van der Waals surface area contributed by atoms with Gasteiger partial charge in [0.25, 0.3) is 5.91 Å². The van der Waals surface area contributed by atoms with Gasteiger partial charge in [0.2, 0.25) is 0 Å². The standard InChI is InChI=1S/C22H29N3O3/c1-16-7-10-24(11-8-16)14-19-5-6-21(28-19)22(27)25-13-17(20(26)15-25)12-18-4-2-3-9-23-18/h2-6,9,16-17,20,26H,7-8,10-15H2,1H3/t17-,20-/m1/s1. The number of carbonyl (C=O) groups excluding carboxylic acids is 1. The summed E-state index contributed by atoms with van der Waals surface area (Å²) in [6.07, 6.45) is 4.33. The smallest absolute Gasteiger partial charge is 0.289 e. The van der Waals surface area contributed by atoms with E-state index in [0.29, 0.717) is 25.3 Å². The van der Waals surface area contributed by atoms with Gasteiger partial charge in [-0.05, 0) is 62.5 Å². The van der Waals surface area contributed by atoms with Crippen molar-refractivity contribution in [1.82, 2.24) is 14.8 Å². The molecule has 0 unspecified atom stereocenters. The van der Waals surface area contributed by atoms with Crippen LogP contribution in [0.25, 0.3) is 0 Å². The van der Waals surface area contributed by atoms with Gasteiger partial charge in [-0.3, -0.25) is 14.7 Å². The molecule has 0 saturated carbocycles. The Balaban J connectivity index is 1.34. The summed E-state index contributed by atoms with van der Waals surface area (Å²) in [5, 5.41) is 10.4. The quantitative estimate of drug-likeness (QED) is 0.859. The molecule has 2 fully saturated rings. The number of aromatic nitrogens is 1. The average molecular weight is 383 g/mol. The second-order valence-corrected chi connectivity index (χ2v) is 8.29. The zero-order chi connectivity index (χ0) is 19.5. The first-order valence-electron chi connectivity index (χ1n) is 10.3. The predicted octanol–water partition coefficient (Wildman–Crippen LogP) is 2.58. The first-order valence-corrected chi connectivity index (χ1v) is 10.3.